The van der Waals surface area contributed by atoms with Gasteiger partial charge >= 0.3 is 0 Å². The van der Waals surface area contributed by atoms with Crippen LogP contribution in [0.25, 0.3) is 22.5 Å². The molecule has 2 amide bonds. The number of benzene rings is 2. The van der Waals surface area contributed by atoms with Crippen molar-refractivity contribution in [2.75, 3.05) is 0 Å². The van der Waals surface area contributed by atoms with Crippen LogP contribution >= 0.6 is 11.8 Å². The predicted octanol–water partition coefficient (Wildman–Crippen LogP) is 5.47. The first-order chi connectivity index (χ1) is 13.1. The van der Waals surface area contributed by atoms with E-state index < -0.39 is 0 Å². The molecule has 1 unspecified atom stereocenters. The van der Waals surface area contributed by atoms with E-state index in [4.69, 9.17) is 0 Å². The summed E-state index contributed by atoms with van der Waals surface area (Å²) >= 11 is 1.02. The van der Waals surface area contributed by atoms with E-state index in [2.05, 4.69) is 30.3 Å². The van der Waals surface area contributed by atoms with E-state index >= 15 is 0 Å². The Morgan fingerprint density at radius 3 is 2.59 bits per heavy atom. The Bertz CT molecular complexity index is 1070. The molecule has 1 fully saturated rings. The zero-order valence-corrected chi connectivity index (χ0v) is 16.1. The first kappa shape index (κ1) is 17.6. The monoisotopic (exact) mass is 376 g/mol. The summed E-state index contributed by atoms with van der Waals surface area (Å²) < 4.78 is 2.03. The topological polar surface area (TPSA) is 42.3 Å². The molecule has 1 aromatic heterocycles. The number of thioether (sulfide) groups is 1. The quantitative estimate of drug-likeness (QED) is 0.567. The van der Waals surface area contributed by atoms with Crippen molar-refractivity contribution < 1.29 is 9.59 Å². The largest absolute Gasteiger partial charge is 0.317 e. The number of aromatic nitrogens is 1. The number of hydrogen-bond donors (Lipinski definition) is 0. The number of carbonyl (C=O) groups is 2. The fraction of sp³-hybridized carbons (Fsp3) is 0.182. The minimum absolute atomic E-state index is 0.0873. The molecule has 27 heavy (non-hydrogen) atoms. The molecule has 3 aromatic rings. The Morgan fingerprint density at radius 1 is 1.04 bits per heavy atom. The van der Waals surface area contributed by atoms with Gasteiger partial charge in [0, 0.05) is 23.6 Å². The zero-order chi connectivity index (χ0) is 19.0. The molecule has 0 saturated carbocycles. The van der Waals surface area contributed by atoms with Gasteiger partial charge in [0.1, 0.15) is 0 Å². The Balaban J connectivity index is 1.71. The van der Waals surface area contributed by atoms with Gasteiger partial charge in [-0.3, -0.25) is 14.5 Å². The lowest BCUT2D eigenvalue weighted by molar-refractivity contribution is -0.124. The van der Waals surface area contributed by atoms with Gasteiger partial charge < -0.3 is 4.57 Å². The summed E-state index contributed by atoms with van der Waals surface area (Å²) in [6.07, 6.45) is 4.52. The number of fused-ring (bicyclic) bond motifs is 1. The number of rotatable bonds is 4. The number of hydrogen-bond acceptors (Lipinski definition) is 3. The van der Waals surface area contributed by atoms with E-state index in [1.807, 2.05) is 55.0 Å². The van der Waals surface area contributed by atoms with Crippen molar-refractivity contribution in [3.8, 4) is 5.69 Å². The molecule has 0 N–H and O–H groups in total. The van der Waals surface area contributed by atoms with Crippen LogP contribution in [0.5, 0.6) is 0 Å². The Labute approximate surface area is 162 Å². The highest BCUT2D eigenvalue weighted by molar-refractivity contribution is 8.18. The fourth-order valence-electron chi connectivity index (χ4n) is 3.25. The van der Waals surface area contributed by atoms with Gasteiger partial charge in [-0.25, -0.2) is 0 Å². The van der Waals surface area contributed by atoms with Crippen molar-refractivity contribution in [2.45, 2.75) is 26.3 Å². The summed E-state index contributed by atoms with van der Waals surface area (Å²) in [7, 11) is 0. The second-order valence-corrected chi connectivity index (χ2v) is 7.64. The highest BCUT2D eigenvalue weighted by atomic mass is 32.2. The fourth-order valence-corrected chi connectivity index (χ4v) is 4.16. The van der Waals surface area contributed by atoms with E-state index in [-0.39, 0.29) is 17.2 Å². The van der Waals surface area contributed by atoms with Gasteiger partial charge in [0.15, 0.2) is 0 Å². The van der Waals surface area contributed by atoms with Crippen molar-refractivity contribution in [3.05, 3.63) is 71.4 Å². The third-order valence-electron chi connectivity index (χ3n) is 4.93. The molecule has 4 rings (SSSR count). The Morgan fingerprint density at radius 2 is 1.81 bits per heavy atom. The first-order valence-corrected chi connectivity index (χ1v) is 9.83. The normalized spacial score (nSPS) is 17.3. The molecule has 0 aliphatic carbocycles. The minimum atomic E-state index is -0.203. The molecule has 0 radical (unpaired) electrons. The van der Waals surface area contributed by atoms with E-state index in [1.54, 1.807) is 0 Å². The summed E-state index contributed by atoms with van der Waals surface area (Å²) in [6.45, 7) is 3.87. The molecule has 0 bridgehead atoms. The van der Waals surface area contributed by atoms with Crippen LogP contribution in [0.3, 0.4) is 0 Å². The van der Waals surface area contributed by atoms with Crippen LogP contribution in [0.4, 0.5) is 4.79 Å². The molecular formula is C22H20N2O2S. The summed E-state index contributed by atoms with van der Waals surface area (Å²) in [4.78, 5) is 26.8. The highest BCUT2D eigenvalue weighted by Crippen LogP contribution is 2.34. The average molecular weight is 376 g/mol. The summed E-state index contributed by atoms with van der Waals surface area (Å²) in [5.74, 6) is -0.203. The van der Waals surface area contributed by atoms with Crippen LogP contribution in [0.2, 0.25) is 0 Å². The van der Waals surface area contributed by atoms with E-state index in [0.717, 1.165) is 35.0 Å². The maximum absolute atomic E-state index is 12.7. The maximum atomic E-state index is 12.7. The van der Waals surface area contributed by atoms with Gasteiger partial charge in [0.2, 0.25) is 0 Å². The lowest BCUT2D eigenvalue weighted by atomic mass is 10.1. The lowest BCUT2D eigenvalue weighted by Crippen LogP contribution is -2.36. The number of carbonyl (C=O) groups excluding carboxylic acids is 2. The lowest BCUT2D eigenvalue weighted by Gasteiger charge is -2.19. The smallest absolute Gasteiger partial charge is 0.293 e. The SMILES string of the molecule is CCC(C)N1C(=O)S/C(=C/c2cccn2-c2ccc3ccccc3c2)C1=O. The molecule has 5 heteroatoms. The van der Waals surface area contributed by atoms with Gasteiger partial charge in [-0.1, -0.05) is 37.3 Å². The van der Waals surface area contributed by atoms with Crippen LogP contribution in [0.15, 0.2) is 65.7 Å². The van der Waals surface area contributed by atoms with Crippen molar-refractivity contribution in [3.63, 3.8) is 0 Å². The van der Waals surface area contributed by atoms with Gasteiger partial charge in [0.05, 0.1) is 4.91 Å². The van der Waals surface area contributed by atoms with E-state index in [9.17, 15) is 9.59 Å². The molecule has 0 spiro atoms. The van der Waals surface area contributed by atoms with Gasteiger partial charge in [-0.15, -0.1) is 0 Å². The first-order valence-electron chi connectivity index (χ1n) is 9.02. The highest BCUT2D eigenvalue weighted by Gasteiger charge is 2.37. The van der Waals surface area contributed by atoms with Crippen molar-refractivity contribution in [1.29, 1.82) is 0 Å². The van der Waals surface area contributed by atoms with Crippen LogP contribution in [0, 0.1) is 0 Å². The molecule has 1 aliphatic rings. The average Bonchev–Trinajstić information content (AvgIpc) is 3.25. The molecule has 136 valence electrons. The molecular weight excluding hydrogens is 356 g/mol. The Hall–Kier alpha value is -2.79. The molecule has 1 saturated heterocycles. The Kier molecular flexibility index (Phi) is 4.62. The molecule has 1 aliphatic heterocycles. The molecule has 2 aromatic carbocycles. The number of nitrogens with zero attached hydrogens (tertiary/aromatic N) is 2. The maximum Gasteiger partial charge on any atom is 0.293 e. The third kappa shape index (κ3) is 3.19. The number of amides is 2. The van der Waals surface area contributed by atoms with Crippen LogP contribution in [-0.4, -0.2) is 26.7 Å². The van der Waals surface area contributed by atoms with Crippen molar-refractivity contribution in [2.24, 2.45) is 0 Å². The summed E-state index contributed by atoms with van der Waals surface area (Å²) in [5, 5.41) is 2.15. The van der Waals surface area contributed by atoms with Gasteiger partial charge in [-0.2, -0.15) is 0 Å². The van der Waals surface area contributed by atoms with Gasteiger partial charge in [0.25, 0.3) is 11.1 Å². The second kappa shape index (κ2) is 7.08. The van der Waals surface area contributed by atoms with Crippen molar-refractivity contribution in [1.82, 2.24) is 9.47 Å². The molecule has 4 nitrogen and oxygen atoms in total. The zero-order valence-electron chi connectivity index (χ0n) is 15.3. The molecule has 1 atom stereocenters. The van der Waals surface area contributed by atoms with Crippen LogP contribution in [0.1, 0.15) is 26.0 Å². The number of imide groups is 1. The minimum Gasteiger partial charge on any atom is -0.317 e. The van der Waals surface area contributed by atoms with Crippen molar-refractivity contribution >= 4 is 39.8 Å². The third-order valence-corrected chi connectivity index (χ3v) is 5.81. The van der Waals surface area contributed by atoms with Gasteiger partial charge in [-0.05, 0) is 66.2 Å². The van der Waals surface area contributed by atoms with E-state index in [1.165, 1.54) is 10.3 Å². The summed E-state index contributed by atoms with van der Waals surface area (Å²) in [5.41, 5.74) is 1.89. The molecule has 2 heterocycles. The van der Waals surface area contributed by atoms with E-state index in [0.29, 0.717) is 4.91 Å². The second-order valence-electron chi connectivity index (χ2n) is 6.64. The van der Waals surface area contributed by atoms with Crippen LogP contribution < -0.4 is 0 Å². The predicted molar refractivity (Wildman–Crippen MR) is 111 cm³/mol. The standard InChI is InChI=1S/C22H20N2O2S/c1-3-15(2)24-21(25)20(27-22(24)26)14-18-9-6-12-23(18)19-11-10-16-7-4-5-8-17(16)13-19/h4-15H,3H2,1-2H3/b20-14+. The summed E-state index contributed by atoms with van der Waals surface area (Å²) in [6, 6.07) is 18.3. The van der Waals surface area contributed by atoms with Crippen LogP contribution in [-0.2, 0) is 4.79 Å².